The Morgan fingerprint density at radius 3 is 2.54 bits per heavy atom. The van der Waals surface area contributed by atoms with E-state index in [4.69, 9.17) is 0 Å². The number of anilines is 1. The van der Waals surface area contributed by atoms with E-state index in [-0.39, 0.29) is 24.1 Å². The van der Waals surface area contributed by atoms with Gasteiger partial charge in [-0.15, -0.1) is 5.10 Å². The van der Waals surface area contributed by atoms with E-state index in [1.165, 1.54) is 15.8 Å². The van der Waals surface area contributed by atoms with Gasteiger partial charge < -0.3 is 9.80 Å². The molecule has 2 aromatic carbocycles. The van der Waals surface area contributed by atoms with Crippen LogP contribution in [0.3, 0.4) is 0 Å². The Bertz CT molecular complexity index is 943. The van der Waals surface area contributed by atoms with E-state index in [0.717, 1.165) is 16.5 Å². The third kappa shape index (κ3) is 3.42. The van der Waals surface area contributed by atoms with Gasteiger partial charge in [-0.1, -0.05) is 41.6 Å². The lowest BCUT2D eigenvalue weighted by Crippen LogP contribution is -2.31. The van der Waals surface area contributed by atoms with Gasteiger partial charge in [0.15, 0.2) is 5.69 Å². The molecule has 0 aliphatic heterocycles. The first-order chi connectivity index (χ1) is 12.5. The lowest BCUT2D eigenvalue weighted by molar-refractivity contribution is -0.129. The van der Waals surface area contributed by atoms with Crippen molar-refractivity contribution in [2.45, 2.75) is 13.5 Å². The first-order valence-electron chi connectivity index (χ1n) is 8.41. The predicted octanol–water partition coefficient (Wildman–Crippen LogP) is 2.19. The van der Waals surface area contributed by atoms with Gasteiger partial charge in [-0.25, -0.2) is 4.68 Å². The monoisotopic (exact) mass is 351 g/mol. The van der Waals surface area contributed by atoms with Crippen LogP contribution in [-0.4, -0.2) is 52.3 Å². The van der Waals surface area contributed by atoms with Crippen LogP contribution in [0.2, 0.25) is 0 Å². The van der Waals surface area contributed by atoms with Crippen LogP contribution in [0.4, 0.5) is 5.69 Å². The molecule has 0 saturated heterocycles. The van der Waals surface area contributed by atoms with Crippen LogP contribution < -0.4 is 4.90 Å². The van der Waals surface area contributed by atoms with Crippen LogP contribution in [0.1, 0.15) is 17.4 Å². The van der Waals surface area contributed by atoms with E-state index >= 15 is 0 Å². The number of benzene rings is 2. The predicted molar refractivity (Wildman–Crippen MR) is 100 cm³/mol. The standard InChI is InChI=1S/C19H21N5O2/c1-4-24(17-11-7-9-14-8-5-6-10-15(14)17)19(26)16-12-23(21-20-16)13-18(25)22(2)3/h5-12H,4,13H2,1-3H3. The van der Waals surface area contributed by atoms with E-state index in [9.17, 15) is 9.59 Å². The number of fused-ring (bicyclic) bond motifs is 1. The van der Waals surface area contributed by atoms with Crippen molar-refractivity contribution in [1.29, 1.82) is 0 Å². The number of likely N-dealkylation sites (N-methyl/N-ethyl adjacent to an activating group) is 1. The summed E-state index contributed by atoms with van der Waals surface area (Å²) in [7, 11) is 3.34. The van der Waals surface area contributed by atoms with Crippen molar-refractivity contribution >= 4 is 28.3 Å². The Labute approximate surface area is 151 Å². The van der Waals surface area contributed by atoms with E-state index in [0.29, 0.717) is 6.54 Å². The Hall–Kier alpha value is -3.22. The number of aromatic nitrogens is 3. The quantitative estimate of drug-likeness (QED) is 0.706. The zero-order valence-electron chi connectivity index (χ0n) is 15.1. The van der Waals surface area contributed by atoms with Crippen LogP contribution in [-0.2, 0) is 11.3 Å². The second-order valence-corrected chi connectivity index (χ2v) is 6.14. The second-order valence-electron chi connectivity index (χ2n) is 6.14. The van der Waals surface area contributed by atoms with Gasteiger partial charge in [0.1, 0.15) is 6.54 Å². The molecule has 7 heteroatoms. The summed E-state index contributed by atoms with van der Waals surface area (Å²) in [5.74, 6) is -0.359. The lowest BCUT2D eigenvalue weighted by Gasteiger charge is -2.21. The summed E-state index contributed by atoms with van der Waals surface area (Å²) >= 11 is 0. The molecule has 1 aromatic heterocycles. The van der Waals surface area contributed by atoms with Gasteiger partial charge in [-0.2, -0.15) is 0 Å². The molecule has 0 fully saturated rings. The van der Waals surface area contributed by atoms with E-state index in [2.05, 4.69) is 10.3 Å². The molecule has 0 N–H and O–H groups in total. The van der Waals surface area contributed by atoms with Gasteiger partial charge in [0, 0.05) is 26.0 Å². The Morgan fingerprint density at radius 2 is 1.81 bits per heavy atom. The number of amides is 2. The normalized spacial score (nSPS) is 10.7. The van der Waals surface area contributed by atoms with Gasteiger partial charge in [0.25, 0.3) is 5.91 Å². The van der Waals surface area contributed by atoms with Gasteiger partial charge >= 0.3 is 0 Å². The number of nitrogens with zero attached hydrogens (tertiary/aromatic N) is 5. The molecule has 0 atom stereocenters. The van der Waals surface area contributed by atoms with Crippen molar-refractivity contribution in [3.05, 3.63) is 54.4 Å². The molecule has 3 rings (SSSR count). The highest BCUT2D eigenvalue weighted by Gasteiger charge is 2.21. The number of hydrogen-bond acceptors (Lipinski definition) is 4. The van der Waals surface area contributed by atoms with Crippen molar-refractivity contribution in [1.82, 2.24) is 19.9 Å². The maximum atomic E-state index is 13.0. The fourth-order valence-corrected chi connectivity index (χ4v) is 2.76. The molecule has 3 aromatic rings. The SMILES string of the molecule is CCN(C(=O)c1cn(CC(=O)N(C)C)nn1)c1cccc2ccccc12. The molecular weight excluding hydrogens is 330 g/mol. The molecule has 7 nitrogen and oxygen atoms in total. The van der Waals surface area contributed by atoms with Crippen molar-refractivity contribution < 1.29 is 9.59 Å². The number of carbonyl (C=O) groups excluding carboxylic acids is 2. The minimum Gasteiger partial charge on any atom is -0.347 e. The van der Waals surface area contributed by atoms with Gasteiger partial charge in [0.05, 0.1) is 11.9 Å². The highest BCUT2D eigenvalue weighted by atomic mass is 16.2. The minimum atomic E-state index is -0.243. The van der Waals surface area contributed by atoms with E-state index in [1.54, 1.807) is 19.0 Å². The molecule has 1 heterocycles. The largest absolute Gasteiger partial charge is 0.347 e. The topological polar surface area (TPSA) is 71.3 Å². The van der Waals surface area contributed by atoms with Crippen molar-refractivity contribution in [2.75, 3.05) is 25.5 Å². The summed E-state index contributed by atoms with van der Waals surface area (Å²) in [5.41, 5.74) is 1.04. The molecule has 0 aliphatic rings. The second kappa shape index (κ2) is 7.35. The molecule has 0 aliphatic carbocycles. The maximum absolute atomic E-state index is 13.0. The average molecular weight is 351 g/mol. The summed E-state index contributed by atoms with van der Waals surface area (Å²) in [6, 6.07) is 13.8. The van der Waals surface area contributed by atoms with Gasteiger partial charge in [0.2, 0.25) is 5.91 Å². The highest BCUT2D eigenvalue weighted by molar-refractivity contribution is 6.09. The first kappa shape index (κ1) is 17.6. The van der Waals surface area contributed by atoms with Crippen LogP contribution in [0.15, 0.2) is 48.7 Å². The van der Waals surface area contributed by atoms with Crippen molar-refractivity contribution in [2.24, 2.45) is 0 Å². The van der Waals surface area contributed by atoms with Crippen molar-refractivity contribution in [3.8, 4) is 0 Å². The zero-order valence-corrected chi connectivity index (χ0v) is 15.1. The zero-order chi connectivity index (χ0) is 18.7. The molecule has 134 valence electrons. The minimum absolute atomic E-state index is 0.0493. The molecule has 0 unspecified atom stereocenters. The molecular formula is C19H21N5O2. The Balaban J connectivity index is 1.90. The third-order valence-corrected chi connectivity index (χ3v) is 4.17. The maximum Gasteiger partial charge on any atom is 0.280 e. The number of carbonyl (C=O) groups is 2. The summed E-state index contributed by atoms with van der Waals surface area (Å²) in [6.45, 7) is 2.46. The fourth-order valence-electron chi connectivity index (χ4n) is 2.76. The summed E-state index contributed by atoms with van der Waals surface area (Å²) in [4.78, 5) is 27.9. The fraction of sp³-hybridized carbons (Fsp3) is 0.263. The smallest absolute Gasteiger partial charge is 0.280 e. The molecule has 26 heavy (non-hydrogen) atoms. The van der Waals surface area contributed by atoms with Crippen LogP contribution >= 0.6 is 0 Å². The molecule has 0 bridgehead atoms. The van der Waals surface area contributed by atoms with Gasteiger partial charge in [-0.05, 0) is 18.4 Å². The lowest BCUT2D eigenvalue weighted by atomic mass is 10.1. The first-order valence-corrected chi connectivity index (χ1v) is 8.41. The number of rotatable bonds is 5. The summed E-state index contributed by atoms with van der Waals surface area (Å²) in [5, 5.41) is 9.92. The average Bonchev–Trinajstić information content (AvgIpc) is 3.11. The van der Waals surface area contributed by atoms with Crippen LogP contribution in [0, 0.1) is 0 Å². The van der Waals surface area contributed by atoms with Crippen LogP contribution in [0.25, 0.3) is 10.8 Å². The van der Waals surface area contributed by atoms with E-state index < -0.39 is 0 Å². The third-order valence-electron chi connectivity index (χ3n) is 4.17. The molecule has 0 spiro atoms. The summed E-state index contributed by atoms with van der Waals surface area (Å²) < 4.78 is 1.38. The Kier molecular flexibility index (Phi) is 4.97. The molecule has 0 saturated carbocycles. The van der Waals surface area contributed by atoms with Gasteiger partial charge in [-0.3, -0.25) is 9.59 Å². The van der Waals surface area contributed by atoms with Crippen LogP contribution in [0.5, 0.6) is 0 Å². The highest BCUT2D eigenvalue weighted by Crippen LogP contribution is 2.27. The van der Waals surface area contributed by atoms with E-state index in [1.807, 2.05) is 49.4 Å². The number of hydrogen-bond donors (Lipinski definition) is 0. The summed E-state index contributed by atoms with van der Waals surface area (Å²) in [6.07, 6.45) is 1.51. The molecule has 2 amide bonds. The molecule has 0 radical (unpaired) electrons. The van der Waals surface area contributed by atoms with Crippen molar-refractivity contribution in [3.63, 3.8) is 0 Å². The Morgan fingerprint density at radius 1 is 1.08 bits per heavy atom.